The second kappa shape index (κ2) is 5.25. The molecule has 2 heteroatoms. The Morgan fingerprint density at radius 2 is 2.10 bits per heavy atom. The van der Waals surface area contributed by atoms with Gasteiger partial charge < -0.3 is 5.11 Å². The van der Waals surface area contributed by atoms with E-state index >= 15 is 0 Å². The molecule has 0 aromatic rings. The Morgan fingerprint density at radius 1 is 1.50 bits per heavy atom. The van der Waals surface area contributed by atoms with Crippen molar-refractivity contribution in [1.29, 1.82) is 5.26 Å². The predicted molar refractivity (Wildman–Crippen MR) is 40.3 cm³/mol. The molecule has 0 aliphatic rings. The van der Waals surface area contributed by atoms with E-state index in [0.717, 1.165) is 19.3 Å². The molecule has 0 radical (unpaired) electrons. The van der Waals surface area contributed by atoms with Crippen molar-refractivity contribution in [3.05, 3.63) is 0 Å². The maximum absolute atomic E-state index is 9.29. The van der Waals surface area contributed by atoms with Gasteiger partial charge in [-0.2, -0.15) is 5.26 Å². The van der Waals surface area contributed by atoms with E-state index in [4.69, 9.17) is 5.26 Å². The lowest BCUT2D eigenvalue weighted by atomic mass is 9.98. The lowest BCUT2D eigenvalue weighted by molar-refractivity contribution is 0.121. The van der Waals surface area contributed by atoms with Crippen LogP contribution < -0.4 is 0 Å². The van der Waals surface area contributed by atoms with Crippen molar-refractivity contribution >= 4 is 0 Å². The average molecular weight is 141 g/mol. The second-order valence-corrected chi connectivity index (χ2v) is 2.50. The molecule has 2 atom stereocenters. The average Bonchev–Trinajstić information content (AvgIpc) is 1.91. The van der Waals surface area contributed by atoms with Gasteiger partial charge in [-0.05, 0) is 12.8 Å². The molecule has 58 valence electrons. The zero-order valence-corrected chi connectivity index (χ0v) is 6.67. The quantitative estimate of drug-likeness (QED) is 0.647. The maximum atomic E-state index is 9.29. The van der Waals surface area contributed by atoms with Crippen molar-refractivity contribution in [2.24, 2.45) is 5.92 Å². The van der Waals surface area contributed by atoms with Crippen molar-refractivity contribution in [3.63, 3.8) is 0 Å². The summed E-state index contributed by atoms with van der Waals surface area (Å²) in [6, 6.07) is 2.09. The van der Waals surface area contributed by atoms with Gasteiger partial charge in [0.05, 0.1) is 18.1 Å². The van der Waals surface area contributed by atoms with E-state index in [1.165, 1.54) is 0 Å². The third-order valence-electron chi connectivity index (χ3n) is 1.65. The zero-order chi connectivity index (χ0) is 7.98. The molecule has 0 rings (SSSR count). The van der Waals surface area contributed by atoms with Gasteiger partial charge in [0.25, 0.3) is 0 Å². The molecule has 0 saturated heterocycles. The molecule has 0 fully saturated rings. The van der Waals surface area contributed by atoms with E-state index in [0.29, 0.717) is 0 Å². The fourth-order valence-electron chi connectivity index (χ4n) is 0.946. The first kappa shape index (κ1) is 9.45. The third kappa shape index (κ3) is 2.84. The minimum absolute atomic E-state index is 0.167. The lowest BCUT2D eigenvalue weighted by Gasteiger charge is -2.12. The SMILES string of the molecule is CCCC(O)C(C#N)CC. The molecular weight excluding hydrogens is 126 g/mol. The Hall–Kier alpha value is -0.550. The van der Waals surface area contributed by atoms with E-state index < -0.39 is 6.10 Å². The zero-order valence-electron chi connectivity index (χ0n) is 6.67. The molecule has 0 aromatic heterocycles. The van der Waals surface area contributed by atoms with Crippen LogP contribution >= 0.6 is 0 Å². The molecule has 0 saturated carbocycles. The Labute approximate surface area is 62.5 Å². The summed E-state index contributed by atoms with van der Waals surface area (Å²) in [4.78, 5) is 0. The Kier molecular flexibility index (Phi) is 4.96. The molecule has 0 spiro atoms. The lowest BCUT2D eigenvalue weighted by Crippen LogP contribution is -2.17. The van der Waals surface area contributed by atoms with Gasteiger partial charge >= 0.3 is 0 Å². The molecule has 2 unspecified atom stereocenters. The summed E-state index contributed by atoms with van der Waals surface area (Å²) >= 11 is 0. The van der Waals surface area contributed by atoms with Crippen molar-refractivity contribution in [2.45, 2.75) is 39.2 Å². The fraction of sp³-hybridized carbons (Fsp3) is 0.875. The van der Waals surface area contributed by atoms with Gasteiger partial charge in [0, 0.05) is 0 Å². The fourth-order valence-corrected chi connectivity index (χ4v) is 0.946. The topological polar surface area (TPSA) is 44.0 Å². The van der Waals surface area contributed by atoms with Crippen LogP contribution in [0.5, 0.6) is 0 Å². The van der Waals surface area contributed by atoms with Crippen LogP contribution in [-0.4, -0.2) is 11.2 Å². The van der Waals surface area contributed by atoms with Gasteiger partial charge in [0.15, 0.2) is 0 Å². The highest BCUT2D eigenvalue weighted by atomic mass is 16.3. The van der Waals surface area contributed by atoms with Crippen LogP contribution in [0.3, 0.4) is 0 Å². The van der Waals surface area contributed by atoms with Gasteiger partial charge in [-0.1, -0.05) is 20.3 Å². The normalized spacial score (nSPS) is 15.8. The predicted octanol–water partition coefficient (Wildman–Crippen LogP) is 1.70. The molecule has 0 aliphatic carbocycles. The van der Waals surface area contributed by atoms with Crippen LogP contribution in [-0.2, 0) is 0 Å². The molecule has 0 heterocycles. The summed E-state index contributed by atoms with van der Waals surface area (Å²) < 4.78 is 0. The molecule has 0 amide bonds. The van der Waals surface area contributed by atoms with Crippen LogP contribution in [0.25, 0.3) is 0 Å². The molecule has 0 bridgehead atoms. The van der Waals surface area contributed by atoms with E-state index in [9.17, 15) is 5.11 Å². The number of hydrogen-bond acceptors (Lipinski definition) is 2. The highest BCUT2D eigenvalue weighted by molar-refractivity contribution is 4.86. The monoisotopic (exact) mass is 141 g/mol. The minimum Gasteiger partial charge on any atom is -0.392 e. The van der Waals surface area contributed by atoms with Crippen LogP contribution in [0.15, 0.2) is 0 Å². The number of aliphatic hydroxyl groups is 1. The highest BCUT2D eigenvalue weighted by Gasteiger charge is 2.14. The number of hydrogen-bond donors (Lipinski definition) is 1. The number of nitrogens with zero attached hydrogens (tertiary/aromatic N) is 1. The smallest absolute Gasteiger partial charge is 0.0720 e. The number of nitriles is 1. The van der Waals surface area contributed by atoms with Gasteiger partial charge in [-0.15, -0.1) is 0 Å². The summed E-state index contributed by atoms with van der Waals surface area (Å²) in [5, 5.41) is 17.8. The van der Waals surface area contributed by atoms with E-state index in [2.05, 4.69) is 6.07 Å². The standard InChI is InChI=1S/C8H15NO/c1-3-5-8(10)7(4-2)6-9/h7-8,10H,3-5H2,1-2H3. The summed E-state index contributed by atoms with van der Waals surface area (Å²) in [5.41, 5.74) is 0. The van der Waals surface area contributed by atoms with Gasteiger partial charge in [0.1, 0.15) is 0 Å². The molecule has 1 N–H and O–H groups in total. The van der Waals surface area contributed by atoms with Gasteiger partial charge in [-0.3, -0.25) is 0 Å². The maximum Gasteiger partial charge on any atom is 0.0720 e. The van der Waals surface area contributed by atoms with Gasteiger partial charge in [-0.25, -0.2) is 0 Å². The Morgan fingerprint density at radius 3 is 2.40 bits per heavy atom. The summed E-state index contributed by atoms with van der Waals surface area (Å²) in [5.74, 6) is -0.167. The van der Waals surface area contributed by atoms with E-state index in [1.807, 2.05) is 13.8 Å². The van der Waals surface area contributed by atoms with Crippen molar-refractivity contribution in [1.82, 2.24) is 0 Å². The summed E-state index contributed by atoms with van der Waals surface area (Å²) in [6.45, 7) is 3.93. The van der Waals surface area contributed by atoms with Crippen LogP contribution in [0, 0.1) is 17.2 Å². The van der Waals surface area contributed by atoms with Crippen molar-refractivity contribution < 1.29 is 5.11 Å². The number of aliphatic hydroxyl groups excluding tert-OH is 1. The molecule has 10 heavy (non-hydrogen) atoms. The van der Waals surface area contributed by atoms with Crippen LogP contribution in [0.2, 0.25) is 0 Å². The van der Waals surface area contributed by atoms with Gasteiger partial charge in [0.2, 0.25) is 0 Å². The first-order chi connectivity index (χ1) is 4.76. The summed E-state index contributed by atoms with van der Waals surface area (Å²) in [6.07, 6.45) is 2.02. The summed E-state index contributed by atoms with van der Waals surface area (Å²) in [7, 11) is 0. The molecular formula is C8H15NO. The molecule has 2 nitrogen and oxygen atoms in total. The third-order valence-corrected chi connectivity index (χ3v) is 1.65. The first-order valence-corrected chi connectivity index (χ1v) is 3.83. The Bertz CT molecular complexity index is 117. The van der Waals surface area contributed by atoms with Crippen molar-refractivity contribution in [2.75, 3.05) is 0 Å². The van der Waals surface area contributed by atoms with Crippen LogP contribution in [0.4, 0.5) is 0 Å². The van der Waals surface area contributed by atoms with Crippen LogP contribution in [0.1, 0.15) is 33.1 Å². The molecule has 0 aliphatic heterocycles. The van der Waals surface area contributed by atoms with Crippen molar-refractivity contribution in [3.8, 4) is 6.07 Å². The Balaban J connectivity index is 3.67. The minimum atomic E-state index is -0.417. The molecule has 0 aromatic carbocycles. The van der Waals surface area contributed by atoms with E-state index in [-0.39, 0.29) is 5.92 Å². The largest absolute Gasteiger partial charge is 0.392 e. The second-order valence-electron chi connectivity index (χ2n) is 2.50. The van der Waals surface area contributed by atoms with E-state index in [1.54, 1.807) is 0 Å². The first-order valence-electron chi connectivity index (χ1n) is 3.83. The highest BCUT2D eigenvalue weighted by Crippen LogP contribution is 2.11. The number of rotatable bonds is 4.